The maximum absolute atomic E-state index is 11.1. The van der Waals surface area contributed by atoms with Crippen molar-refractivity contribution in [1.82, 2.24) is 10.3 Å². The first-order valence-corrected chi connectivity index (χ1v) is 3.31. The van der Waals surface area contributed by atoms with Gasteiger partial charge in [-0.05, 0) is 19.1 Å². The molecule has 3 nitrogen and oxygen atoms in total. The highest BCUT2D eigenvalue weighted by molar-refractivity contribution is 5.94. The number of rotatable bonds is 1. The number of hydrogen-bond acceptors (Lipinski definition) is 2. The van der Waals surface area contributed by atoms with Crippen molar-refractivity contribution in [3.8, 4) is 0 Å². The topological polar surface area (TPSA) is 42.0 Å². The number of aromatic nitrogens is 1. The van der Waals surface area contributed by atoms with Crippen molar-refractivity contribution in [2.75, 3.05) is 7.05 Å². The summed E-state index contributed by atoms with van der Waals surface area (Å²) in [7, 11) is 1.59. The summed E-state index contributed by atoms with van der Waals surface area (Å²) >= 11 is 0. The van der Waals surface area contributed by atoms with Crippen molar-refractivity contribution >= 4 is 5.91 Å². The van der Waals surface area contributed by atoms with Crippen molar-refractivity contribution in [3.05, 3.63) is 29.6 Å². The van der Waals surface area contributed by atoms with E-state index in [-0.39, 0.29) is 5.91 Å². The van der Waals surface area contributed by atoms with Crippen LogP contribution in [0.2, 0.25) is 0 Å². The lowest BCUT2D eigenvalue weighted by molar-refractivity contribution is 0.0962. The number of amides is 1. The van der Waals surface area contributed by atoms with E-state index in [0.717, 1.165) is 0 Å². The first-order valence-electron chi connectivity index (χ1n) is 3.31. The molecule has 0 aliphatic carbocycles. The average Bonchev–Trinajstić information content (AvgIpc) is 2.04. The molecule has 0 aromatic carbocycles. The van der Waals surface area contributed by atoms with Crippen molar-refractivity contribution in [1.29, 1.82) is 0 Å². The van der Waals surface area contributed by atoms with Gasteiger partial charge in [-0.15, -0.1) is 0 Å². The molecule has 1 amide bonds. The van der Waals surface area contributed by atoms with E-state index in [2.05, 4.69) is 16.4 Å². The summed E-state index contributed by atoms with van der Waals surface area (Å²) in [6, 6.07) is 4.44. The fraction of sp³-hybridized carbons (Fsp3) is 0.250. The minimum atomic E-state index is -0.143. The molecule has 1 aromatic heterocycles. The van der Waals surface area contributed by atoms with Gasteiger partial charge in [0.15, 0.2) is 0 Å². The molecule has 0 bridgehead atoms. The Morgan fingerprint density at radius 3 is 3.00 bits per heavy atom. The zero-order valence-corrected chi connectivity index (χ0v) is 6.51. The smallest absolute Gasteiger partial charge is 0.253 e. The third kappa shape index (κ3) is 1.55. The van der Waals surface area contributed by atoms with Crippen LogP contribution < -0.4 is 5.32 Å². The molecule has 0 saturated carbocycles. The van der Waals surface area contributed by atoms with Gasteiger partial charge in [-0.3, -0.25) is 9.78 Å². The minimum absolute atomic E-state index is 0.143. The molecule has 1 aromatic rings. The van der Waals surface area contributed by atoms with E-state index >= 15 is 0 Å². The second kappa shape index (κ2) is 3.14. The lowest BCUT2D eigenvalue weighted by atomic mass is 10.2. The van der Waals surface area contributed by atoms with Gasteiger partial charge >= 0.3 is 0 Å². The van der Waals surface area contributed by atoms with E-state index in [4.69, 9.17) is 0 Å². The molecule has 0 unspecified atom stereocenters. The molecule has 0 atom stereocenters. The first-order chi connectivity index (χ1) is 5.25. The van der Waals surface area contributed by atoms with E-state index in [1.807, 2.05) is 0 Å². The quantitative estimate of drug-likeness (QED) is 0.633. The van der Waals surface area contributed by atoms with Crippen LogP contribution in [-0.2, 0) is 0 Å². The SMILES string of the molecule is CNC(=O)c1[c]ccnc1C. The lowest BCUT2D eigenvalue weighted by Crippen LogP contribution is -2.19. The molecule has 0 saturated heterocycles. The largest absolute Gasteiger partial charge is 0.355 e. The highest BCUT2D eigenvalue weighted by Crippen LogP contribution is 2.00. The zero-order valence-electron chi connectivity index (χ0n) is 6.51. The van der Waals surface area contributed by atoms with E-state index in [1.54, 1.807) is 26.2 Å². The number of nitrogens with one attached hydrogen (secondary N) is 1. The van der Waals surface area contributed by atoms with Crippen LogP contribution in [0.4, 0.5) is 0 Å². The Morgan fingerprint density at radius 2 is 2.45 bits per heavy atom. The number of nitrogens with zero attached hydrogens (tertiary/aromatic N) is 1. The van der Waals surface area contributed by atoms with Gasteiger partial charge in [-0.25, -0.2) is 0 Å². The van der Waals surface area contributed by atoms with E-state index in [0.29, 0.717) is 11.3 Å². The molecular weight excluding hydrogens is 140 g/mol. The molecular formula is C8H9N2O. The molecule has 0 aliphatic rings. The fourth-order valence-corrected chi connectivity index (χ4v) is 0.794. The first kappa shape index (κ1) is 7.72. The van der Waals surface area contributed by atoms with Gasteiger partial charge in [0.05, 0.1) is 11.3 Å². The van der Waals surface area contributed by atoms with Gasteiger partial charge in [0.25, 0.3) is 5.91 Å². The Balaban J connectivity index is 3.03. The Kier molecular flexibility index (Phi) is 2.21. The molecule has 3 heteroatoms. The molecule has 57 valence electrons. The van der Waals surface area contributed by atoms with Crippen LogP contribution >= 0.6 is 0 Å². The molecule has 1 N–H and O–H groups in total. The van der Waals surface area contributed by atoms with Gasteiger partial charge in [-0.1, -0.05) is 0 Å². The average molecular weight is 149 g/mol. The van der Waals surface area contributed by atoms with E-state index in [9.17, 15) is 4.79 Å². The summed E-state index contributed by atoms with van der Waals surface area (Å²) in [6.07, 6.45) is 1.61. The van der Waals surface area contributed by atoms with Crippen LogP contribution in [0.1, 0.15) is 16.1 Å². The molecule has 1 rings (SSSR count). The Labute approximate surface area is 65.5 Å². The Morgan fingerprint density at radius 1 is 1.73 bits per heavy atom. The normalized spacial score (nSPS) is 9.27. The second-order valence-electron chi connectivity index (χ2n) is 2.13. The van der Waals surface area contributed by atoms with Gasteiger partial charge in [0, 0.05) is 13.2 Å². The summed E-state index contributed by atoms with van der Waals surface area (Å²) in [4.78, 5) is 15.0. The minimum Gasteiger partial charge on any atom is -0.355 e. The lowest BCUT2D eigenvalue weighted by Gasteiger charge is -2.00. The van der Waals surface area contributed by atoms with Gasteiger partial charge < -0.3 is 5.32 Å². The molecule has 0 spiro atoms. The summed E-state index contributed by atoms with van der Waals surface area (Å²) in [6.45, 7) is 1.78. The predicted molar refractivity (Wildman–Crippen MR) is 41.2 cm³/mol. The maximum atomic E-state index is 11.1. The summed E-state index contributed by atoms with van der Waals surface area (Å²) in [5.41, 5.74) is 1.21. The Bertz CT molecular complexity index is 271. The summed E-state index contributed by atoms with van der Waals surface area (Å²) in [5.74, 6) is -0.143. The van der Waals surface area contributed by atoms with Crippen molar-refractivity contribution < 1.29 is 4.79 Å². The van der Waals surface area contributed by atoms with Crippen LogP contribution in [0.5, 0.6) is 0 Å². The maximum Gasteiger partial charge on any atom is 0.253 e. The number of aryl methyl sites for hydroxylation is 1. The Hall–Kier alpha value is -1.38. The monoisotopic (exact) mass is 149 g/mol. The predicted octanol–water partition coefficient (Wildman–Crippen LogP) is 0.550. The van der Waals surface area contributed by atoms with Crippen LogP contribution in [-0.4, -0.2) is 17.9 Å². The standard InChI is InChI=1S/C8H9N2O/c1-6-7(8(11)9-2)4-3-5-10-6/h3,5H,1-2H3,(H,9,11). The third-order valence-electron chi connectivity index (χ3n) is 1.39. The van der Waals surface area contributed by atoms with Crippen LogP contribution in [0.25, 0.3) is 0 Å². The molecule has 1 heterocycles. The van der Waals surface area contributed by atoms with Crippen LogP contribution in [0, 0.1) is 13.0 Å². The zero-order chi connectivity index (χ0) is 8.27. The molecule has 1 radical (unpaired) electrons. The van der Waals surface area contributed by atoms with Crippen LogP contribution in [0.15, 0.2) is 12.3 Å². The third-order valence-corrected chi connectivity index (χ3v) is 1.39. The summed E-state index contributed by atoms with van der Waals surface area (Å²) < 4.78 is 0. The van der Waals surface area contributed by atoms with Crippen molar-refractivity contribution in [3.63, 3.8) is 0 Å². The number of carbonyl (C=O) groups is 1. The molecule has 11 heavy (non-hydrogen) atoms. The molecule has 0 fully saturated rings. The van der Waals surface area contributed by atoms with Gasteiger partial charge in [0.1, 0.15) is 0 Å². The van der Waals surface area contributed by atoms with E-state index in [1.165, 1.54) is 0 Å². The number of hydrogen-bond donors (Lipinski definition) is 1. The van der Waals surface area contributed by atoms with E-state index < -0.39 is 0 Å². The van der Waals surface area contributed by atoms with Crippen LogP contribution in [0.3, 0.4) is 0 Å². The summed E-state index contributed by atoms with van der Waals surface area (Å²) in [5, 5.41) is 2.51. The van der Waals surface area contributed by atoms with Gasteiger partial charge in [0.2, 0.25) is 0 Å². The fourth-order valence-electron chi connectivity index (χ4n) is 0.794. The highest BCUT2D eigenvalue weighted by atomic mass is 16.1. The highest BCUT2D eigenvalue weighted by Gasteiger charge is 2.05. The number of carbonyl (C=O) groups excluding carboxylic acids is 1. The van der Waals surface area contributed by atoms with Crippen molar-refractivity contribution in [2.24, 2.45) is 0 Å². The molecule has 0 aliphatic heterocycles. The van der Waals surface area contributed by atoms with Gasteiger partial charge in [-0.2, -0.15) is 0 Å². The number of pyridine rings is 1. The van der Waals surface area contributed by atoms with Crippen molar-refractivity contribution in [2.45, 2.75) is 6.92 Å². The second-order valence-corrected chi connectivity index (χ2v) is 2.13.